The van der Waals surface area contributed by atoms with Crippen molar-refractivity contribution in [3.8, 4) is 0 Å². The van der Waals surface area contributed by atoms with E-state index < -0.39 is 0 Å². The average molecular weight is 351 g/mol. The minimum Gasteiger partial charge on any atom is -0.466 e. The first-order valence-corrected chi connectivity index (χ1v) is 9.48. The first-order valence-electron chi connectivity index (χ1n) is 9.48. The number of carbonyl (C=O) groups excluding carboxylic acids is 1. The van der Waals surface area contributed by atoms with Gasteiger partial charge in [0, 0.05) is 31.7 Å². The smallest absolute Gasteiger partial charge is 0.220 e. The lowest BCUT2D eigenvalue weighted by molar-refractivity contribution is -0.121. The number of nitrogens with zero attached hydrogens (tertiary/aromatic N) is 1. The minimum atomic E-state index is 0.0762. The molecule has 1 amide bonds. The van der Waals surface area contributed by atoms with Gasteiger partial charge in [-0.2, -0.15) is 0 Å². The van der Waals surface area contributed by atoms with Crippen LogP contribution in [0.1, 0.15) is 49.4 Å². The number of benzene rings is 1. The molecule has 5 heteroatoms. The van der Waals surface area contributed by atoms with Gasteiger partial charge in [0.15, 0.2) is 0 Å². The Labute approximate surface area is 153 Å². The van der Waals surface area contributed by atoms with Gasteiger partial charge in [0.25, 0.3) is 0 Å². The SMILES string of the molecule is CC1CC1c1ccc(CCC(=O)NCCCc2nc3ccccc3[nH]2)o1. The van der Waals surface area contributed by atoms with Gasteiger partial charge in [0.05, 0.1) is 11.0 Å². The van der Waals surface area contributed by atoms with E-state index in [1.165, 1.54) is 6.42 Å². The predicted octanol–water partition coefficient (Wildman–Crippen LogP) is 3.96. The number of aromatic nitrogens is 2. The zero-order valence-electron chi connectivity index (χ0n) is 15.1. The van der Waals surface area contributed by atoms with Gasteiger partial charge in [0.2, 0.25) is 5.91 Å². The molecule has 0 aliphatic heterocycles. The van der Waals surface area contributed by atoms with Crippen LogP contribution in [0.25, 0.3) is 11.0 Å². The monoisotopic (exact) mass is 351 g/mol. The van der Waals surface area contributed by atoms with Gasteiger partial charge in [-0.25, -0.2) is 4.98 Å². The number of hydrogen-bond donors (Lipinski definition) is 2. The molecule has 2 aromatic heterocycles. The van der Waals surface area contributed by atoms with E-state index >= 15 is 0 Å². The summed E-state index contributed by atoms with van der Waals surface area (Å²) in [6.07, 6.45) is 4.05. The predicted molar refractivity (Wildman–Crippen MR) is 101 cm³/mol. The summed E-state index contributed by atoms with van der Waals surface area (Å²) in [6.45, 7) is 2.91. The van der Waals surface area contributed by atoms with Crippen LogP contribution >= 0.6 is 0 Å². The van der Waals surface area contributed by atoms with E-state index in [1.54, 1.807) is 0 Å². The molecule has 1 aromatic carbocycles. The molecule has 0 saturated heterocycles. The molecule has 2 heterocycles. The maximum Gasteiger partial charge on any atom is 0.220 e. The summed E-state index contributed by atoms with van der Waals surface area (Å²) in [6, 6.07) is 12.1. The third kappa shape index (κ3) is 3.98. The van der Waals surface area contributed by atoms with Crippen LogP contribution < -0.4 is 5.32 Å². The molecule has 0 spiro atoms. The molecule has 4 rings (SSSR count). The summed E-state index contributed by atoms with van der Waals surface area (Å²) in [7, 11) is 0. The molecule has 2 atom stereocenters. The highest BCUT2D eigenvalue weighted by Crippen LogP contribution is 2.47. The number of H-pyrrole nitrogens is 1. The molecule has 1 aliphatic carbocycles. The Kier molecular flexibility index (Phi) is 4.78. The van der Waals surface area contributed by atoms with E-state index in [9.17, 15) is 4.79 Å². The van der Waals surface area contributed by atoms with Crippen molar-refractivity contribution < 1.29 is 9.21 Å². The summed E-state index contributed by atoms with van der Waals surface area (Å²) < 4.78 is 5.85. The second kappa shape index (κ2) is 7.36. The molecule has 0 radical (unpaired) electrons. The molecule has 0 bridgehead atoms. The van der Waals surface area contributed by atoms with Crippen LogP contribution in [-0.4, -0.2) is 22.4 Å². The largest absolute Gasteiger partial charge is 0.466 e. The molecule has 2 N–H and O–H groups in total. The molecular weight excluding hydrogens is 326 g/mol. The molecule has 1 aliphatic rings. The molecule has 1 saturated carbocycles. The first kappa shape index (κ1) is 16.9. The lowest BCUT2D eigenvalue weighted by Gasteiger charge is -2.03. The Morgan fingerprint density at radius 1 is 1.27 bits per heavy atom. The fourth-order valence-electron chi connectivity index (χ4n) is 3.38. The number of rotatable bonds is 8. The van der Waals surface area contributed by atoms with Gasteiger partial charge in [-0.1, -0.05) is 19.1 Å². The second-order valence-electron chi connectivity index (χ2n) is 7.28. The number of imidazole rings is 1. The molecule has 2 unspecified atom stereocenters. The van der Waals surface area contributed by atoms with Crippen molar-refractivity contribution in [3.63, 3.8) is 0 Å². The number of aryl methyl sites for hydroxylation is 2. The lowest BCUT2D eigenvalue weighted by Crippen LogP contribution is -2.25. The van der Waals surface area contributed by atoms with Crippen molar-refractivity contribution in [3.05, 3.63) is 53.7 Å². The van der Waals surface area contributed by atoms with Crippen LogP contribution in [0.4, 0.5) is 0 Å². The van der Waals surface area contributed by atoms with Gasteiger partial charge in [-0.3, -0.25) is 4.79 Å². The van der Waals surface area contributed by atoms with E-state index in [4.69, 9.17) is 4.42 Å². The number of aromatic amines is 1. The van der Waals surface area contributed by atoms with Gasteiger partial charge in [0.1, 0.15) is 17.3 Å². The Balaban J connectivity index is 1.15. The van der Waals surface area contributed by atoms with Crippen molar-refractivity contribution in [2.45, 2.75) is 44.9 Å². The first-order chi connectivity index (χ1) is 12.7. The molecule has 5 nitrogen and oxygen atoms in total. The molecule has 136 valence electrons. The highest BCUT2D eigenvalue weighted by atomic mass is 16.3. The quantitative estimate of drug-likeness (QED) is 0.604. The van der Waals surface area contributed by atoms with Crippen molar-refractivity contribution >= 4 is 16.9 Å². The number of nitrogens with one attached hydrogen (secondary N) is 2. The highest BCUT2D eigenvalue weighted by Gasteiger charge is 2.36. The van der Waals surface area contributed by atoms with Crippen LogP contribution in [0.15, 0.2) is 40.8 Å². The number of para-hydroxylation sites is 2. The number of fused-ring (bicyclic) bond motifs is 1. The standard InChI is InChI=1S/C21H25N3O2/c1-14-13-16(14)19-10-8-15(26-19)9-11-21(25)22-12-4-7-20-23-17-5-2-3-6-18(17)24-20/h2-3,5-6,8,10,14,16H,4,7,9,11-13H2,1H3,(H,22,25)(H,23,24). The van der Waals surface area contributed by atoms with E-state index in [-0.39, 0.29) is 5.91 Å². The van der Waals surface area contributed by atoms with Crippen molar-refractivity contribution in [2.24, 2.45) is 5.92 Å². The summed E-state index contributed by atoms with van der Waals surface area (Å²) in [5.41, 5.74) is 2.05. The van der Waals surface area contributed by atoms with Gasteiger partial charge >= 0.3 is 0 Å². The molecule has 3 aromatic rings. The van der Waals surface area contributed by atoms with Gasteiger partial charge < -0.3 is 14.7 Å². The lowest BCUT2D eigenvalue weighted by atomic mass is 10.2. The van der Waals surface area contributed by atoms with Crippen molar-refractivity contribution in [2.75, 3.05) is 6.54 Å². The van der Waals surface area contributed by atoms with E-state index in [0.717, 1.165) is 47.1 Å². The van der Waals surface area contributed by atoms with Crippen LogP contribution in [-0.2, 0) is 17.6 Å². The summed E-state index contributed by atoms with van der Waals surface area (Å²) >= 11 is 0. The van der Waals surface area contributed by atoms with Crippen molar-refractivity contribution in [1.29, 1.82) is 0 Å². The van der Waals surface area contributed by atoms with E-state index in [2.05, 4.69) is 28.3 Å². The fourth-order valence-corrected chi connectivity index (χ4v) is 3.38. The van der Waals surface area contributed by atoms with Crippen LogP contribution in [0.3, 0.4) is 0 Å². The third-order valence-corrected chi connectivity index (χ3v) is 5.11. The average Bonchev–Trinajstić information content (AvgIpc) is 3.06. The van der Waals surface area contributed by atoms with E-state index in [0.29, 0.717) is 25.3 Å². The minimum absolute atomic E-state index is 0.0762. The van der Waals surface area contributed by atoms with Gasteiger partial charge in [-0.05, 0) is 43.0 Å². The maximum absolute atomic E-state index is 12.0. The number of furan rings is 1. The van der Waals surface area contributed by atoms with Crippen LogP contribution in [0.2, 0.25) is 0 Å². The Morgan fingerprint density at radius 3 is 2.92 bits per heavy atom. The second-order valence-corrected chi connectivity index (χ2v) is 7.28. The Morgan fingerprint density at radius 2 is 2.12 bits per heavy atom. The van der Waals surface area contributed by atoms with Crippen LogP contribution in [0.5, 0.6) is 0 Å². The molecule has 1 fully saturated rings. The van der Waals surface area contributed by atoms with Gasteiger partial charge in [-0.15, -0.1) is 0 Å². The fraction of sp³-hybridized carbons (Fsp3) is 0.429. The third-order valence-electron chi connectivity index (χ3n) is 5.11. The number of carbonyl (C=O) groups is 1. The zero-order chi connectivity index (χ0) is 17.9. The summed E-state index contributed by atoms with van der Waals surface area (Å²) in [5.74, 6) is 4.38. The molecule has 26 heavy (non-hydrogen) atoms. The number of hydrogen-bond acceptors (Lipinski definition) is 3. The van der Waals surface area contributed by atoms with Crippen molar-refractivity contribution in [1.82, 2.24) is 15.3 Å². The highest BCUT2D eigenvalue weighted by molar-refractivity contribution is 5.76. The Hall–Kier alpha value is -2.56. The normalized spacial score (nSPS) is 19.0. The van der Waals surface area contributed by atoms with Crippen LogP contribution in [0, 0.1) is 5.92 Å². The Bertz CT molecular complexity index is 862. The van der Waals surface area contributed by atoms with E-state index in [1.807, 2.05) is 30.3 Å². The topological polar surface area (TPSA) is 70.9 Å². The zero-order valence-corrected chi connectivity index (χ0v) is 15.1. The number of amides is 1. The maximum atomic E-state index is 12.0. The summed E-state index contributed by atoms with van der Waals surface area (Å²) in [4.78, 5) is 19.9. The summed E-state index contributed by atoms with van der Waals surface area (Å²) in [5, 5.41) is 2.98. The molecular formula is C21H25N3O2.